The van der Waals surface area contributed by atoms with Crippen molar-refractivity contribution in [3.63, 3.8) is 0 Å². The second kappa shape index (κ2) is 4.01. The summed E-state index contributed by atoms with van der Waals surface area (Å²) in [6.45, 7) is -0.355. The molecular formula is C8H9FO. The van der Waals surface area contributed by atoms with Gasteiger partial charge < -0.3 is 4.74 Å². The summed E-state index contributed by atoms with van der Waals surface area (Å²) in [6, 6.07) is 9.51. The van der Waals surface area contributed by atoms with Crippen LogP contribution in [0.25, 0.3) is 0 Å². The number of hydrogen-bond donors (Lipinski definition) is 0. The van der Waals surface area contributed by atoms with Gasteiger partial charge in [-0.05, 0) is 5.56 Å². The minimum Gasteiger partial charge on any atom is -0.346 e. The van der Waals surface area contributed by atoms with E-state index in [2.05, 4.69) is 4.74 Å². The lowest BCUT2D eigenvalue weighted by molar-refractivity contribution is 0.0462. The highest BCUT2D eigenvalue weighted by molar-refractivity contribution is 5.13. The molecule has 0 saturated heterocycles. The van der Waals surface area contributed by atoms with Gasteiger partial charge in [0.25, 0.3) is 0 Å². The molecule has 0 spiro atoms. The van der Waals surface area contributed by atoms with Crippen LogP contribution in [0.5, 0.6) is 0 Å². The Hall–Kier alpha value is -0.890. The summed E-state index contributed by atoms with van der Waals surface area (Å²) in [7, 11) is 0. The van der Waals surface area contributed by atoms with E-state index in [0.717, 1.165) is 5.56 Å². The zero-order chi connectivity index (χ0) is 7.23. The Morgan fingerprint density at radius 3 is 2.50 bits per heavy atom. The third-order valence-corrected chi connectivity index (χ3v) is 1.19. The first-order chi connectivity index (χ1) is 4.93. The van der Waals surface area contributed by atoms with Crippen molar-refractivity contribution in [3.05, 3.63) is 35.9 Å². The first kappa shape index (κ1) is 7.22. The summed E-state index contributed by atoms with van der Waals surface area (Å²) >= 11 is 0. The fourth-order valence-corrected chi connectivity index (χ4v) is 0.731. The van der Waals surface area contributed by atoms with E-state index in [1.54, 1.807) is 0 Å². The molecule has 0 aromatic heterocycles. The van der Waals surface area contributed by atoms with Crippen LogP contribution in [0.4, 0.5) is 4.39 Å². The van der Waals surface area contributed by atoms with E-state index in [9.17, 15) is 4.39 Å². The maximum Gasteiger partial charge on any atom is 0.188 e. The molecule has 0 fully saturated rings. The first-order valence-electron chi connectivity index (χ1n) is 3.11. The second-order valence-electron chi connectivity index (χ2n) is 1.94. The summed E-state index contributed by atoms with van der Waals surface area (Å²) in [5, 5.41) is 0. The van der Waals surface area contributed by atoms with E-state index < -0.39 is 6.86 Å². The largest absolute Gasteiger partial charge is 0.346 e. The van der Waals surface area contributed by atoms with Gasteiger partial charge in [0.2, 0.25) is 0 Å². The molecule has 1 aromatic carbocycles. The molecule has 0 aliphatic heterocycles. The summed E-state index contributed by atoms with van der Waals surface area (Å²) in [5.41, 5.74) is 1.00. The quantitative estimate of drug-likeness (QED) is 0.623. The van der Waals surface area contributed by atoms with Crippen molar-refractivity contribution in [1.29, 1.82) is 0 Å². The lowest BCUT2D eigenvalue weighted by Crippen LogP contribution is -1.89. The van der Waals surface area contributed by atoms with E-state index in [1.165, 1.54) is 0 Å². The zero-order valence-electron chi connectivity index (χ0n) is 5.59. The lowest BCUT2D eigenvalue weighted by atomic mass is 10.2. The summed E-state index contributed by atoms with van der Waals surface area (Å²) in [6.07, 6.45) is 0. The molecule has 0 unspecified atom stereocenters. The van der Waals surface area contributed by atoms with Gasteiger partial charge in [-0.1, -0.05) is 30.3 Å². The molecular weight excluding hydrogens is 130 g/mol. The van der Waals surface area contributed by atoms with E-state index >= 15 is 0 Å². The molecule has 0 aliphatic rings. The van der Waals surface area contributed by atoms with Gasteiger partial charge in [0.05, 0.1) is 6.61 Å². The van der Waals surface area contributed by atoms with Gasteiger partial charge in [0.1, 0.15) is 0 Å². The van der Waals surface area contributed by atoms with Gasteiger partial charge in [-0.15, -0.1) is 0 Å². The monoisotopic (exact) mass is 139 g/mol. The van der Waals surface area contributed by atoms with Crippen LogP contribution in [0.2, 0.25) is 0 Å². The van der Waals surface area contributed by atoms with Crippen molar-refractivity contribution in [2.45, 2.75) is 6.61 Å². The van der Waals surface area contributed by atoms with Crippen LogP contribution in [0.3, 0.4) is 0 Å². The predicted molar refractivity (Wildman–Crippen MR) is 37.2 cm³/mol. The van der Waals surface area contributed by atoms with Gasteiger partial charge in [0, 0.05) is 0 Å². The van der Waals surface area contributed by atoms with Crippen molar-refractivity contribution < 1.29 is 9.13 Å². The van der Waals surface area contributed by atoms with Crippen LogP contribution >= 0.6 is 0 Å². The van der Waals surface area contributed by atoms with Crippen LogP contribution in [0, 0.1) is 0 Å². The Balaban J connectivity index is 2.43. The fourth-order valence-electron chi connectivity index (χ4n) is 0.731. The van der Waals surface area contributed by atoms with Crippen molar-refractivity contribution in [1.82, 2.24) is 0 Å². The molecule has 0 bridgehead atoms. The maximum absolute atomic E-state index is 11.5. The average molecular weight is 139 g/mol. The summed E-state index contributed by atoms with van der Waals surface area (Å²) in [5.74, 6) is 0. The van der Waals surface area contributed by atoms with Crippen LogP contribution in [-0.2, 0) is 11.3 Å². The second-order valence-corrected chi connectivity index (χ2v) is 1.94. The molecule has 0 N–H and O–H groups in total. The van der Waals surface area contributed by atoms with Gasteiger partial charge in [-0.2, -0.15) is 0 Å². The highest BCUT2D eigenvalue weighted by atomic mass is 18.2. The van der Waals surface area contributed by atoms with Crippen LogP contribution in [0.1, 0.15) is 5.56 Å². The molecule has 0 atom stereocenters. The molecule has 1 rings (SSSR count). The molecule has 0 amide bonds. The highest BCUT2D eigenvalue weighted by Gasteiger charge is 1.88. The number of ether oxygens (including phenoxy) is 1. The molecule has 0 heterocycles. The third-order valence-electron chi connectivity index (χ3n) is 1.19. The molecule has 0 saturated carbocycles. The van der Waals surface area contributed by atoms with Gasteiger partial charge in [-0.3, -0.25) is 0 Å². The van der Waals surface area contributed by atoms with E-state index in [1.807, 2.05) is 30.3 Å². The Labute approximate surface area is 59.4 Å². The fraction of sp³-hybridized carbons (Fsp3) is 0.250. The topological polar surface area (TPSA) is 9.23 Å². The number of benzene rings is 1. The summed E-state index contributed by atoms with van der Waals surface area (Å²) < 4.78 is 16.0. The maximum atomic E-state index is 11.5. The Morgan fingerprint density at radius 1 is 1.20 bits per heavy atom. The zero-order valence-corrected chi connectivity index (χ0v) is 5.59. The molecule has 0 radical (unpaired) electrons. The lowest BCUT2D eigenvalue weighted by Gasteiger charge is -1.97. The smallest absolute Gasteiger partial charge is 0.188 e. The van der Waals surface area contributed by atoms with Gasteiger partial charge in [0.15, 0.2) is 6.86 Å². The molecule has 0 aliphatic carbocycles. The summed E-state index contributed by atoms with van der Waals surface area (Å²) in [4.78, 5) is 0. The minimum atomic E-state index is -0.713. The van der Waals surface area contributed by atoms with Crippen LogP contribution in [-0.4, -0.2) is 6.86 Å². The van der Waals surface area contributed by atoms with Crippen molar-refractivity contribution in [2.75, 3.05) is 6.86 Å². The normalized spacial score (nSPS) is 9.70. The number of alkyl halides is 1. The molecule has 10 heavy (non-hydrogen) atoms. The van der Waals surface area contributed by atoms with Crippen molar-refractivity contribution in [3.8, 4) is 0 Å². The molecule has 1 nitrogen and oxygen atoms in total. The number of halogens is 1. The Kier molecular flexibility index (Phi) is 2.90. The number of hydrogen-bond acceptors (Lipinski definition) is 1. The van der Waals surface area contributed by atoms with Crippen molar-refractivity contribution >= 4 is 0 Å². The molecule has 1 aromatic rings. The van der Waals surface area contributed by atoms with E-state index in [-0.39, 0.29) is 0 Å². The Bertz CT molecular complexity index is 174. The minimum absolute atomic E-state index is 0.358. The van der Waals surface area contributed by atoms with Gasteiger partial charge >= 0.3 is 0 Å². The first-order valence-corrected chi connectivity index (χ1v) is 3.11. The Morgan fingerprint density at radius 2 is 1.90 bits per heavy atom. The third kappa shape index (κ3) is 2.15. The molecule has 2 heteroatoms. The van der Waals surface area contributed by atoms with Crippen molar-refractivity contribution in [2.24, 2.45) is 0 Å². The average Bonchev–Trinajstić information content (AvgIpc) is 2.03. The van der Waals surface area contributed by atoms with Gasteiger partial charge in [-0.25, -0.2) is 4.39 Å². The van der Waals surface area contributed by atoms with Crippen LogP contribution < -0.4 is 0 Å². The standard InChI is InChI=1S/C8H9FO/c9-7-10-6-8-4-2-1-3-5-8/h1-5H,6-7H2/i9-1. The van der Waals surface area contributed by atoms with E-state index in [4.69, 9.17) is 0 Å². The SMILES string of the molecule is [18F]COCc1ccccc1. The van der Waals surface area contributed by atoms with Crippen LogP contribution in [0.15, 0.2) is 30.3 Å². The highest BCUT2D eigenvalue weighted by Crippen LogP contribution is 1.99. The van der Waals surface area contributed by atoms with E-state index in [0.29, 0.717) is 6.61 Å². The number of rotatable bonds is 3. The molecule has 54 valence electrons. The predicted octanol–water partition coefficient (Wildman–Crippen LogP) is 2.13.